The fraction of sp³-hybridized carbons (Fsp3) is 0.308. The van der Waals surface area contributed by atoms with Crippen molar-refractivity contribution in [3.05, 3.63) is 35.3 Å². The Bertz CT molecular complexity index is 589. The van der Waals surface area contributed by atoms with Crippen LogP contribution in [0.3, 0.4) is 0 Å². The summed E-state index contributed by atoms with van der Waals surface area (Å²) in [6, 6.07) is 5.55. The van der Waals surface area contributed by atoms with Gasteiger partial charge in [0, 0.05) is 6.20 Å². The van der Waals surface area contributed by atoms with Crippen molar-refractivity contribution < 1.29 is 0 Å². The van der Waals surface area contributed by atoms with E-state index in [1.54, 1.807) is 16.8 Å². The van der Waals surface area contributed by atoms with Gasteiger partial charge in [-0.25, -0.2) is 9.67 Å². The third kappa shape index (κ3) is 1.93. The zero-order valence-corrected chi connectivity index (χ0v) is 10.5. The summed E-state index contributed by atoms with van der Waals surface area (Å²) in [5.74, 6) is 0.692. The van der Waals surface area contributed by atoms with Crippen molar-refractivity contribution in [3.8, 4) is 11.9 Å². The zero-order chi connectivity index (χ0) is 13.1. The number of nitrogens with two attached hydrogens (primary N) is 1. The normalized spacial score (nSPS) is 10.3. The minimum Gasteiger partial charge on any atom is -0.396 e. The molecule has 0 spiro atoms. The predicted octanol–water partition coefficient (Wildman–Crippen LogP) is 1.85. The largest absolute Gasteiger partial charge is 0.396 e. The molecule has 0 amide bonds. The second-order valence-electron chi connectivity index (χ2n) is 3.94. The Morgan fingerprint density at radius 2 is 2.11 bits per heavy atom. The lowest BCUT2D eigenvalue weighted by molar-refractivity contribution is 0.772. The molecule has 92 valence electrons. The van der Waals surface area contributed by atoms with E-state index in [2.05, 4.69) is 10.1 Å². The number of anilines is 1. The Labute approximate surface area is 106 Å². The quantitative estimate of drug-likeness (QED) is 0.889. The Hall–Kier alpha value is -2.35. The molecule has 5 heteroatoms. The highest BCUT2D eigenvalue weighted by Crippen LogP contribution is 2.21. The van der Waals surface area contributed by atoms with Gasteiger partial charge in [-0.05, 0) is 25.0 Å². The van der Waals surface area contributed by atoms with E-state index in [4.69, 9.17) is 11.0 Å². The molecule has 0 bridgehead atoms. The lowest BCUT2D eigenvalue weighted by Crippen LogP contribution is -2.04. The van der Waals surface area contributed by atoms with Crippen molar-refractivity contribution in [1.82, 2.24) is 14.8 Å². The van der Waals surface area contributed by atoms with E-state index in [1.165, 1.54) is 6.20 Å². The van der Waals surface area contributed by atoms with Gasteiger partial charge in [0.15, 0.2) is 5.82 Å². The first-order valence-corrected chi connectivity index (χ1v) is 5.94. The molecule has 2 N–H and O–H groups in total. The molecule has 0 radical (unpaired) electrons. The van der Waals surface area contributed by atoms with Crippen LogP contribution in [0.5, 0.6) is 0 Å². The molecule has 0 atom stereocenters. The van der Waals surface area contributed by atoms with Gasteiger partial charge in [0.05, 0.1) is 22.6 Å². The predicted molar refractivity (Wildman–Crippen MR) is 69.2 cm³/mol. The third-order valence-corrected chi connectivity index (χ3v) is 2.86. The van der Waals surface area contributed by atoms with Crippen LogP contribution in [-0.2, 0) is 12.8 Å². The molecular formula is C13H15N5. The summed E-state index contributed by atoms with van der Waals surface area (Å²) in [5.41, 5.74) is 9.18. The maximum absolute atomic E-state index is 8.75. The Kier molecular flexibility index (Phi) is 3.28. The second kappa shape index (κ2) is 4.88. The first-order chi connectivity index (χ1) is 8.71. The van der Waals surface area contributed by atoms with E-state index in [1.807, 2.05) is 19.9 Å². The van der Waals surface area contributed by atoms with E-state index >= 15 is 0 Å². The van der Waals surface area contributed by atoms with Gasteiger partial charge in [-0.1, -0.05) is 13.8 Å². The molecule has 2 rings (SSSR count). The maximum Gasteiger partial charge on any atom is 0.153 e. The van der Waals surface area contributed by atoms with E-state index in [-0.39, 0.29) is 0 Å². The molecule has 0 fully saturated rings. The van der Waals surface area contributed by atoms with Gasteiger partial charge in [-0.15, -0.1) is 0 Å². The van der Waals surface area contributed by atoms with Crippen LogP contribution in [0, 0.1) is 11.3 Å². The van der Waals surface area contributed by atoms with Gasteiger partial charge in [0.1, 0.15) is 6.07 Å². The highest BCUT2D eigenvalue weighted by Gasteiger charge is 2.14. The summed E-state index contributed by atoms with van der Waals surface area (Å²) in [5, 5.41) is 13.2. The van der Waals surface area contributed by atoms with E-state index in [0.717, 1.165) is 29.9 Å². The fourth-order valence-electron chi connectivity index (χ4n) is 1.88. The molecule has 2 aromatic rings. The first-order valence-electron chi connectivity index (χ1n) is 5.94. The van der Waals surface area contributed by atoms with Crippen molar-refractivity contribution in [1.29, 1.82) is 5.26 Å². The van der Waals surface area contributed by atoms with Crippen LogP contribution in [0.4, 0.5) is 5.69 Å². The number of nitrogens with zero attached hydrogens (tertiary/aromatic N) is 4. The van der Waals surface area contributed by atoms with Crippen LogP contribution in [0.15, 0.2) is 18.3 Å². The van der Waals surface area contributed by atoms with E-state index < -0.39 is 0 Å². The topological polar surface area (TPSA) is 80.5 Å². The smallest absolute Gasteiger partial charge is 0.153 e. The standard InChI is InChI=1S/C13H15N5/c1-3-10-13(15)11(4-2)18(17-10)12-6-5-9(7-14)8-16-12/h5-6,8H,3-4,15H2,1-2H3. The number of aryl methyl sites for hydroxylation is 1. The number of hydrogen-bond donors (Lipinski definition) is 1. The monoisotopic (exact) mass is 241 g/mol. The van der Waals surface area contributed by atoms with Crippen LogP contribution >= 0.6 is 0 Å². The molecule has 18 heavy (non-hydrogen) atoms. The molecule has 0 saturated carbocycles. The molecule has 0 unspecified atom stereocenters. The summed E-state index contributed by atoms with van der Waals surface area (Å²) >= 11 is 0. The van der Waals surface area contributed by atoms with Gasteiger partial charge in [0.25, 0.3) is 0 Å². The highest BCUT2D eigenvalue weighted by molar-refractivity contribution is 5.51. The van der Waals surface area contributed by atoms with Crippen molar-refractivity contribution in [2.75, 3.05) is 5.73 Å². The Morgan fingerprint density at radius 1 is 1.33 bits per heavy atom. The second-order valence-corrected chi connectivity index (χ2v) is 3.94. The lowest BCUT2D eigenvalue weighted by Gasteiger charge is -2.04. The SMILES string of the molecule is CCc1nn(-c2ccc(C#N)cn2)c(CC)c1N. The summed E-state index contributed by atoms with van der Waals surface area (Å²) in [6.45, 7) is 4.06. The van der Waals surface area contributed by atoms with Gasteiger partial charge in [-0.3, -0.25) is 0 Å². The fourth-order valence-corrected chi connectivity index (χ4v) is 1.88. The minimum absolute atomic E-state index is 0.535. The highest BCUT2D eigenvalue weighted by atomic mass is 15.3. The molecule has 0 saturated heterocycles. The number of nitrogen functional groups attached to an aromatic ring is 1. The van der Waals surface area contributed by atoms with Crippen molar-refractivity contribution in [2.45, 2.75) is 26.7 Å². The molecule has 0 aliphatic carbocycles. The van der Waals surface area contributed by atoms with Crippen molar-refractivity contribution >= 4 is 5.69 Å². The number of rotatable bonds is 3. The van der Waals surface area contributed by atoms with E-state index in [9.17, 15) is 0 Å². The lowest BCUT2D eigenvalue weighted by atomic mass is 10.2. The van der Waals surface area contributed by atoms with Crippen LogP contribution in [0.1, 0.15) is 30.8 Å². The van der Waals surface area contributed by atoms with Gasteiger partial charge in [0.2, 0.25) is 0 Å². The van der Waals surface area contributed by atoms with Crippen LogP contribution in [-0.4, -0.2) is 14.8 Å². The Balaban J connectivity index is 2.52. The molecule has 2 heterocycles. The van der Waals surface area contributed by atoms with Crippen LogP contribution < -0.4 is 5.73 Å². The molecule has 5 nitrogen and oxygen atoms in total. The summed E-state index contributed by atoms with van der Waals surface area (Å²) in [7, 11) is 0. The summed E-state index contributed by atoms with van der Waals surface area (Å²) < 4.78 is 1.76. The number of aromatic nitrogens is 3. The number of pyridine rings is 1. The van der Waals surface area contributed by atoms with E-state index in [0.29, 0.717) is 11.4 Å². The van der Waals surface area contributed by atoms with Crippen LogP contribution in [0.2, 0.25) is 0 Å². The molecule has 2 aromatic heterocycles. The zero-order valence-electron chi connectivity index (χ0n) is 10.5. The number of nitriles is 1. The van der Waals surface area contributed by atoms with Gasteiger partial charge >= 0.3 is 0 Å². The maximum atomic E-state index is 8.75. The third-order valence-electron chi connectivity index (χ3n) is 2.86. The average Bonchev–Trinajstić information content (AvgIpc) is 2.75. The van der Waals surface area contributed by atoms with Gasteiger partial charge < -0.3 is 5.73 Å². The Morgan fingerprint density at radius 3 is 2.61 bits per heavy atom. The summed E-state index contributed by atoms with van der Waals surface area (Å²) in [6.07, 6.45) is 3.13. The molecule has 0 aliphatic rings. The number of hydrogen-bond acceptors (Lipinski definition) is 4. The molecular weight excluding hydrogens is 226 g/mol. The first kappa shape index (κ1) is 12.1. The van der Waals surface area contributed by atoms with Crippen molar-refractivity contribution in [2.24, 2.45) is 0 Å². The molecule has 0 aromatic carbocycles. The van der Waals surface area contributed by atoms with Gasteiger partial charge in [-0.2, -0.15) is 10.4 Å². The van der Waals surface area contributed by atoms with Crippen LogP contribution in [0.25, 0.3) is 5.82 Å². The summed E-state index contributed by atoms with van der Waals surface area (Å²) in [4.78, 5) is 4.24. The molecule has 0 aliphatic heterocycles. The van der Waals surface area contributed by atoms with Crippen molar-refractivity contribution in [3.63, 3.8) is 0 Å². The average molecular weight is 241 g/mol. The minimum atomic E-state index is 0.535.